The normalized spacial score (nSPS) is 15.8. The topological polar surface area (TPSA) is 109 Å². The van der Waals surface area contributed by atoms with Crippen LogP contribution in [0, 0.1) is 0 Å². The third kappa shape index (κ3) is 4.24. The molecule has 0 spiro atoms. The molecule has 0 bridgehead atoms. The minimum atomic E-state index is -3.21. The Hall–Kier alpha value is -1.19. The van der Waals surface area contributed by atoms with Crippen LogP contribution in [-0.4, -0.2) is 44.0 Å². The van der Waals surface area contributed by atoms with Crippen LogP contribution in [0.1, 0.15) is 18.7 Å². The molecule has 1 aliphatic rings. The van der Waals surface area contributed by atoms with Crippen molar-refractivity contribution in [2.75, 3.05) is 24.7 Å². The summed E-state index contributed by atoms with van der Waals surface area (Å²) in [4.78, 5) is 0. The Labute approximate surface area is 106 Å². The minimum absolute atomic E-state index is 0.0401. The summed E-state index contributed by atoms with van der Waals surface area (Å²) >= 11 is 0. The van der Waals surface area contributed by atoms with Gasteiger partial charge >= 0.3 is 6.01 Å². The minimum Gasteiger partial charge on any atom is -0.407 e. The van der Waals surface area contributed by atoms with Gasteiger partial charge in [-0.2, -0.15) is 0 Å². The lowest BCUT2D eigenvalue weighted by molar-refractivity contribution is 0.476. The molecule has 3 N–H and O–H groups in total. The largest absolute Gasteiger partial charge is 0.407 e. The van der Waals surface area contributed by atoms with Crippen molar-refractivity contribution >= 4 is 16.0 Å². The molecule has 0 saturated heterocycles. The number of nitrogens with one attached hydrogen (secondary N) is 3. The van der Waals surface area contributed by atoms with E-state index in [-0.39, 0.29) is 18.3 Å². The molecule has 0 amide bonds. The highest BCUT2D eigenvalue weighted by Gasteiger charge is 2.21. The molecule has 1 saturated carbocycles. The predicted octanol–water partition coefficient (Wildman–Crippen LogP) is -0.717. The number of rotatable bonds is 8. The van der Waals surface area contributed by atoms with Gasteiger partial charge in [-0.05, 0) is 19.9 Å². The number of sulfonamides is 1. The van der Waals surface area contributed by atoms with Crippen molar-refractivity contribution in [3.05, 3.63) is 5.89 Å². The van der Waals surface area contributed by atoms with E-state index in [9.17, 15) is 8.42 Å². The highest BCUT2D eigenvalue weighted by Crippen LogP contribution is 2.19. The Kier molecular flexibility index (Phi) is 4.15. The number of hydrogen-bond donors (Lipinski definition) is 3. The van der Waals surface area contributed by atoms with Gasteiger partial charge < -0.3 is 15.1 Å². The molecule has 1 aliphatic carbocycles. The van der Waals surface area contributed by atoms with Crippen molar-refractivity contribution in [1.82, 2.24) is 20.2 Å². The van der Waals surface area contributed by atoms with Gasteiger partial charge in [0.1, 0.15) is 0 Å². The van der Waals surface area contributed by atoms with Crippen molar-refractivity contribution in [1.29, 1.82) is 0 Å². The molecule has 102 valence electrons. The fourth-order valence-corrected chi connectivity index (χ4v) is 1.88. The summed E-state index contributed by atoms with van der Waals surface area (Å²) in [6.45, 7) is 0.773. The SMILES string of the molecule is CNS(=O)(=O)CCNc1nnc(CNC2CC2)o1. The molecule has 0 radical (unpaired) electrons. The van der Waals surface area contributed by atoms with Crippen LogP contribution in [0.5, 0.6) is 0 Å². The Morgan fingerprint density at radius 1 is 1.39 bits per heavy atom. The maximum absolute atomic E-state index is 11.2. The molecule has 1 aromatic rings. The van der Waals surface area contributed by atoms with E-state index in [1.54, 1.807) is 0 Å². The van der Waals surface area contributed by atoms with Gasteiger partial charge in [0.25, 0.3) is 0 Å². The first-order chi connectivity index (χ1) is 8.59. The fraction of sp³-hybridized carbons (Fsp3) is 0.778. The zero-order chi connectivity index (χ0) is 13.0. The number of nitrogens with zero attached hydrogens (tertiary/aromatic N) is 2. The van der Waals surface area contributed by atoms with E-state index >= 15 is 0 Å². The van der Waals surface area contributed by atoms with E-state index in [4.69, 9.17) is 4.42 Å². The van der Waals surface area contributed by atoms with Crippen LogP contribution in [0.2, 0.25) is 0 Å². The highest BCUT2D eigenvalue weighted by atomic mass is 32.2. The maximum atomic E-state index is 11.2. The molecule has 18 heavy (non-hydrogen) atoms. The summed E-state index contributed by atoms with van der Waals surface area (Å²) in [5, 5.41) is 13.6. The van der Waals surface area contributed by atoms with E-state index in [1.807, 2.05) is 0 Å². The van der Waals surface area contributed by atoms with Crippen LogP contribution < -0.4 is 15.4 Å². The molecule has 1 heterocycles. The standard InChI is InChI=1S/C9H17N5O3S/c1-10-18(15,16)5-4-11-9-14-13-8(17-9)6-12-7-2-3-7/h7,10,12H,2-6H2,1H3,(H,11,14). The van der Waals surface area contributed by atoms with Gasteiger partial charge in [-0.3, -0.25) is 0 Å². The second-order valence-corrected chi connectivity index (χ2v) is 6.15. The molecule has 0 aromatic carbocycles. The second kappa shape index (κ2) is 5.63. The lowest BCUT2D eigenvalue weighted by Gasteiger charge is -2.02. The lowest BCUT2D eigenvalue weighted by atomic mass is 10.6. The molecular formula is C9H17N5O3S. The van der Waals surface area contributed by atoms with Crippen LogP contribution in [0.25, 0.3) is 0 Å². The zero-order valence-corrected chi connectivity index (χ0v) is 11.0. The van der Waals surface area contributed by atoms with Gasteiger partial charge in [-0.1, -0.05) is 5.10 Å². The second-order valence-electron chi connectivity index (χ2n) is 4.11. The van der Waals surface area contributed by atoms with Crippen molar-refractivity contribution in [3.63, 3.8) is 0 Å². The fourth-order valence-electron chi connectivity index (χ4n) is 1.31. The Balaban J connectivity index is 1.72. The predicted molar refractivity (Wildman–Crippen MR) is 65.5 cm³/mol. The number of hydrogen-bond acceptors (Lipinski definition) is 7. The van der Waals surface area contributed by atoms with E-state index in [2.05, 4.69) is 25.6 Å². The van der Waals surface area contributed by atoms with Gasteiger partial charge in [0.2, 0.25) is 15.9 Å². The van der Waals surface area contributed by atoms with Crippen LogP contribution in [0.4, 0.5) is 6.01 Å². The van der Waals surface area contributed by atoms with Gasteiger partial charge in [-0.25, -0.2) is 13.1 Å². The quantitative estimate of drug-likeness (QED) is 0.574. The molecule has 1 aromatic heterocycles. The van der Waals surface area contributed by atoms with Crippen molar-refractivity contribution < 1.29 is 12.8 Å². The highest BCUT2D eigenvalue weighted by molar-refractivity contribution is 7.89. The molecule has 0 unspecified atom stereocenters. The third-order valence-electron chi connectivity index (χ3n) is 2.54. The third-order valence-corrected chi connectivity index (χ3v) is 3.91. The van der Waals surface area contributed by atoms with Crippen molar-refractivity contribution in [2.24, 2.45) is 0 Å². The van der Waals surface area contributed by atoms with E-state index < -0.39 is 10.0 Å². The average molecular weight is 275 g/mol. The molecule has 1 fully saturated rings. The Bertz CT molecular complexity index is 482. The summed E-state index contributed by atoms with van der Waals surface area (Å²) in [6.07, 6.45) is 2.39. The molecule has 2 rings (SSSR count). The van der Waals surface area contributed by atoms with Crippen molar-refractivity contribution in [2.45, 2.75) is 25.4 Å². The molecule has 0 atom stereocenters. The molecule has 0 aliphatic heterocycles. The summed E-state index contributed by atoms with van der Waals surface area (Å²) in [5.41, 5.74) is 0. The van der Waals surface area contributed by atoms with Crippen LogP contribution in [-0.2, 0) is 16.6 Å². The van der Waals surface area contributed by atoms with Gasteiger partial charge in [0.05, 0.1) is 12.3 Å². The number of anilines is 1. The molecular weight excluding hydrogens is 258 g/mol. The van der Waals surface area contributed by atoms with Crippen molar-refractivity contribution in [3.8, 4) is 0 Å². The van der Waals surface area contributed by atoms with Gasteiger partial charge in [0, 0.05) is 12.6 Å². The Morgan fingerprint density at radius 3 is 2.83 bits per heavy atom. The van der Waals surface area contributed by atoms with E-state index in [0.717, 1.165) is 0 Å². The van der Waals surface area contributed by atoms with E-state index in [0.29, 0.717) is 18.5 Å². The monoisotopic (exact) mass is 275 g/mol. The lowest BCUT2D eigenvalue weighted by Crippen LogP contribution is -2.26. The summed E-state index contributed by atoms with van der Waals surface area (Å²) in [7, 11) is -1.83. The van der Waals surface area contributed by atoms with Crippen LogP contribution in [0.15, 0.2) is 4.42 Å². The molecule has 8 nitrogen and oxygen atoms in total. The summed E-state index contributed by atoms with van der Waals surface area (Å²) in [6, 6.07) is 0.822. The summed E-state index contributed by atoms with van der Waals surface area (Å²) < 4.78 is 29.8. The first-order valence-electron chi connectivity index (χ1n) is 5.80. The smallest absolute Gasteiger partial charge is 0.315 e. The number of aromatic nitrogens is 2. The Morgan fingerprint density at radius 2 is 2.17 bits per heavy atom. The van der Waals surface area contributed by atoms with Crippen LogP contribution in [0.3, 0.4) is 0 Å². The first kappa shape index (κ1) is 13.2. The van der Waals surface area contributed by atoms with E-state index in [1.165, 1.54) is 19.9 Å². The van der Waals surface area contributed by atoms with Gasteiger partial charge in [-0.15, -0.1) is 5.10 Å². The zero-order valence-electron chi connectivity index (χ0n) is 10.1. The van der Waals surface area contributed by atoms with Gasteiger partial charge in [0.15, 0.2) is 0 Å². The first-order valence-corrected chi connectivity index (χ1v) is 7.45. The van der Waals surface area contributed by atoms with Crippen LogP contribution >= 0.6 is 0 Å². The average Bonchev–Trinajstić information content (AvgIpc) is 3.07. The molecule has 9 heteroatoms. The maximum Gasteiger partial charge on any atom is 0.315 e. The summed E-state index contributed by atoms with van der Waals surface area (Å²) in [5.74, 6) is 0.461.